The van der Waals surface area contributed by atoms with Crippen molar-refractivity contribution >= 4 is 22.8 Å². The van der Waals surface area contributed by atoms with Gasteiger partial charge in [0.2, 0.25) is 0 Å². The van der Waals surface area contributed by atoms with Crippen molar-refractivity contribution in [2.75, 3.05) is 5.43 Å². The van der Waals surface area contributed by atoms with E-state index < -0.39 is 40.7 Å². The number of aromatic nitrogens is 1. The summed E-state index contributed by atoms with van der Waals surface area (Å²) in [6, 6.07) is 5.72. The number of nitrogens with zero attached hydrogens (tertiary/aromatic N) is 2. The highest BCUT2D eigenvalue weighted by Gasteiger charge is 2.42. The van der Waals surface area contributed by atoms with Crippen molar-refractivity contribution in [3.63, 3.8) is 0 Å². The lowest BCUT2D eigenvalue weighted by Gasteiger charge is -2.13. The SMILES string of the molecule is CCCn1c(C)c(/C=N/Nc2c(F)c(F)c(C(F)(F)F)c(F)c2F)c2cc(C)ccc21. The third-order valence-electron chi connectivity index (χ3n) is 4.89. The second kappa shape index (κ2) is 8.24. The van der Waals surface area contributed by atoms with Crippen LogP contribution in [0.4, 0.5) is 36.4 Å². The molecule has 0 amide bonds. The Hall–Kier alpha value is -3.04. The minimum Gasteiger partial charge on any atom is -0.344 e. The molecule has 0 fully saturated rings. The maximum atomic E-state index is 14.0. The Morgan fingerprint density at radius 2 is 1.61 bits per heavy atom. The number of hydrogen-bond donors (Lipinski definition) is 1. The van der Waals surface area contributed by atoms with Crippen molar-refractivity contribution in [1.82, 2.24) is 4.57 Å². The van der Waals surface area contributed by atoms with Gasteiger partial charge in [0.15, 0.2) is 23.3 Å². The molecular formula is C21H18F7N3. The zero-order valence-corrected chi connectivity index (χ0v) is 16.8. The molecule has 31 heavy (non-hydrogen) atoms. The monoisotopic (exact) mass is 445 g/mol. The zero-order chi connectivity index (χ0) is 23.1. The number of aryl methyl sites for hydroxylation is 2. The molecule has 3 nitrogen and oxygen atoms in total. The molecule has 0 aliphatic heterocycles. The Bertz CT molecular complexity index is 1150. The number of halogens is 7. The summed E-state index contributed by atoms with van der Waals surface area (Å²) in [6.07, 6.45) is -3.56. The quantitative estimate of drug-likeness (QED) is 0.202. The predicted octanol–water partition coefficient (Wildman–Crippen LogP) is 6.69. The Morgan fingerprint density at radius 3 is 2.16 bits per heavy atom. The summed E-state index contributed by atoms with van der Waals surface area (Å²) in [4.78, 5) is 0. The molecular weight excluding hydrogens is 427 g/mol. The molecule has 3 aromatic rings. The number of rotatable bonds is 5. The maximum Gasteiger partial charge on any atom is 0.422 e. The van der Waals surface area contributed by atoms with Crippen LogP contribution in [0, 0.1) is 37.1 Å². The highest BCUT2D eigenvalue weighted by molar-refractivity contribution is 6.01. The van der Waals surface area contributed by atoms with E-state index in [-0.39, 0.29) is 0 Å². The van der Waals surface area contributed by atoms with Crippen molar-refractivity contribution in [2.24, 2.45) is 5.10 Å². The number of nitrogens with one attached hydrogen (secondary N) is 1. The van der Waals surface area contributed by atoms with Crippen molar-refractivity contribution in [1.29, 1.82) is 0 Å². The lowest BCUT2D eigenvalue weighted by Crippen LogP contribution is -2.16. The molecule has 166 valence electrons. The Balaban J connectivity index is 2.05. The molecule has 0 saturated heterocycles. The van der Waals surface area contributed by atoms with Crippen molar-refractivity contribution < 1.29 is 30.7 Å². The Labute approximate surface area is 173 Å². The van der Waals surface area contributed by atoms with Crippen LogP contribution in [0.5, 0.6) is 0 Å². The van der Waals surface area contributed by atoms with Gasteiger partial charge < -0.3 is 4.57 Å². The molecule has 1 heterocycles. The first-order valence-electron chi connectivity index (χ1n) is 9.30. The van der Waals surface area contributed by atoms with Gasteiger partial charge >= 0.3 is 6.18 Å². The van der Waals surface area contributed by atoms with Gasteiger partial charge in [-0.1, -0.05) is 18.6 Å². The maximum absolute atomic E-state index is 14.0. The third kappa shape index (κ3) is 3.98. The van der Waals surface area contributed by atoms with Gasteiger partial charge in [-0.15, -0.1) is 0 Å². The topological polar surface area (TPSA) is 29.3 Å². The second-order valence-corrected chi connectivity index (χ2v) is 7.05. The summed E-state index contributed by atoms with van der Waals surface area (Å²) in [5, 5.41) is 4.43. The van der Waals surface area contributed by atoms with Gasteiger partial charge in [-0.05, 0) is 32.4 Å². The van der Waals surface area contributed by atoms with Crippen LogP contribution in [-0.2, 0) is 12.7 Å². The molecule has 0 unspecified atom stereocenters. The van der Waals surface area contributed by atoms with Gasteiger partial charge in [0.05, 0.1) is 6.21 Å². The lowest BCUT2D eigenvalue weighted by atomic mass is 10.1. The van der Waals surface area contributed by atoms with E-state index in [2.05, 4.69) is 5.10 Å². The molecule has 0 aliphatic rings. The average molecular weight is 445 g/mol. The number of fused-ring (bicyclic) bond motifs is 1. The van der Waals surface area contributed by atoms with Gasteiger partial charge in [0, 0.05) is 28.7 Å². The smallest absolute Gasteiger partial charge is 0.344 e. The highest BCUT2D eigenvalue weighted by atomic mass is 19.4. The van der Waals surface area contributed by atoms with E-state index in [1.54, 1.807) is 5.43 Å². The number of hydrazone groups is 1. The van der Waals surface area contributed by atoms with Gasteiger partial charge in [-0.2, -0.15) is 18.3 Å². The fourth-order valence-electron chi connectivity index (χ4n) is 3.44. The first-order chi connectivity index (χ1) is 14.5. The molecule has 0 spiro atoms. The number of alkyl halides is 3. The molecule has 0 bridgehead atoms. The van der Waals surface area contributed by atoms with E-state index in [4.69, 9.17) is 0 Å². The molecule has 10 heteroatoms. The summed E-state index contributed by atoms with van der Waals surface area (Å²) in [5.41, 5.74) is 0.946. The highest BCUT2D eigenvalue weighted by Crippen LogP contribution is 2.38. The summed E-state index contributed by atoms with van der Waals surface area (Å²) < 4.78 is 95.7. The number of benzene rings is 2. The first kappa shape index (κ1) is 22.6. The molecule has 3 rings (SSSR count). The Morgan fingerprint density at radius 1 is 1.00 bits per heavy atom. The van der Waals surface area contributed by atoms with Crippen LogP contribution >= 0.6 is 0 Å². The van der Waals surface area contributed by atoms with Gasteiger partial charge in [-0.25, -0.2) is 17.6 Å². The zero-order valence-electron chi connectivity index (χ0n) is 16.8. The van der Waals surface area contributed by atoms with E-state index in [9.17, 15) is 30.7 Å². The molecule has 0 radical (unpaired) electrons. The van der Waals surface area contributed by atoms with E-state index in [1.807, 2.05) is 43.5 Å². The lowest BCUT2D eigenvalue weighted by molar-refractivity contribution is -0.143. The summed E-state index contributed by atoms with van der Waals surface area (Å²) in [6.45, 7) is 6.38. The van der Waals surface area contributed by atoms with Crippen LogP contribution in [0.25, 0.3) is 10.9 Å². The summed E-state index contributed by atoms with van der Waals surface area (Å²) in [5.74, 6) is -9.53. The summed E-state index contributed by atoms with van der Waals surface area (Å²) in [7, 11) is 0. The van der Waals surface area contributed by atoms with E-state index in [0.29, 0.717) is 12.1 Å². The normalized spacial score (nSPS) is 12.3. The van der Waals surface area contributed by atoms with Gasteiger partial charge in [0.25, 0.3) is 0 Å². The predicted molar refractivity (Wildman–Crippen MR) is 104 cm³/mol. The van der Waals surface area contributed by atoms with E-state index in [0.717, 1.165) is 28.6 Å². The van der Waals surface area contributed by atoms with Crippen LogP contribution in [0.15, 0.2) is 23.3 Å². The Kier molecular flexibility index (Phi) is 6.02. The second-order valence-electron chi connectivity index (χ2n) is 7.05. The van der Waals surface area contributed by atoms with Crippen LogP contribution in [-0.4, -0.2) is 10.8 Å². The van der Waals surface area contributed by atoms with E-state index >= 15 is 0 Å². The van der Waals surface area contributed by atoms with Crippen LogP contribution in [0.1, 0.15) is 35.7 Å². The molecule has 0 aliphatic carbocycles. The van der Waals surface area contributed by atoms with Crippen LogP contribution in [0.3, 0.4) is 0 Å². The van der Waals surface area contributed by atoms with Crippen LogP contribution < -0.4 is 5.43 Å². The molecule has 1 N–H and O–H groups in total. The number of hydrogen-bond acceptors (Lipinski definition) is 2. The first-order valence-corrected chi connectivity index (χ1v) is 9.30. The molecule has 1 aromatic heterocycles. The standard InChI is InChI=1S/C21H18F7N3/c1-4-7-31-11(3)13(12-8-10(2)5-6-14(12)31)9-29-30-20-18(24)16(22)15(21(26,27)28)17(23)19(20)25/h5-6,8-9,30H,4,7H2,1-3H3/b29-9+. The minimum atomic E-state index is -5.60. The van der Waals surface area contributed by atoms with Gasteiger partial charge in [0.1, 0.15) is 11.3 Å². The fourth-order valence-corrected chi connectivity index (χ4v) is 3.44. The van der Waals surface area contributed by atoms with E-state index in [1.165, 1.54) is 6.21 Å². The number of anilines is 1. The van der Waals surface area contributed by atoms with Crippen molar-refractivity contribution in [3.8, 4) is 0 Å². The van der Waals surface area contributed by atoms with Crippen molar-refractivity contribution in [2.45, 2.75) is 39.9 Å². The minimum absolute atomic E-state index is 0.591. The van der Waals surface area contributed by atoms with Crippen LogP contribution in [0.2, 0.25) is 0 Å². The molecule has 0 saturated carbocycles. The third-order valence-corrected chi connectivity index (χ3v) is 4.89. The molecule has 0 atom stereocenters. The average Bonchev–Trinajstić information content (AvgIpc) is 2.93. The summed E-state index contributed by atoms with van der Waals surface area (Å²) >= 11 is 0. The largest absolute Gasteiger partial charge is 0.422 e. The van der Waals surface area contributed by atoms with Gasteiger partial charge in [-0.3, -0.25) is 5.43 Å². The fraction of sp³-hybridized carbons (Fsp3) is 0.286. The molecule has 2 aromatic carbocycles. The van der Waals surface area contributed by atoms with Crippen molar-refractivity contribution in [3.05, 3.63) is 63.9 Å².